The molecule has 0 bridgehead atoms. The number of aromatic nitrogens is 2. The van der Waals surface area contributed by atoms with Crippen LogP contribution in [0.25, 0.3) is 0 Å². The van der Waals surface area contributed by atoms with Gasteiger partial charge in [0.25, 0.3) is 5.91 Å². The number of rotatable bonds is 5. The molecule has 1 aliphatic rings. The maximum atomic E-state index is 12.2. The second-order valence-electron chi connectivity index (χ2n) is 5.46. The van der Waals surface area contributed by atoms with Crippen molar-refractivity contribution in [1.82, 2.24) is 10.2 Å². The molecule has 1 atom stereocenters. The van der Waals surface area contributed by atoms with Crippen molar-refractivity contribution in [3.8, 4) is 5.75 Å². The number of hydrogen-bond donors (Lipinski definition) is 1. The fraction of sp³-hybridized carbons (Fsp3) is 0.438. The molecule has 0 fully saturated rings. The summed E-state index contributed by atoms with van der Waals surface area (Å²) in [5, 5.41) is 11.1. The summed E-state index contributed by atoms with van der Waals surface area (Å²) in [5.74, 6) is 0.530. The third kappa shape index (κ3) is 4.03. The van der Waals surface area contributed by atoms with Crippen LogP contribution in [0.5, 0.6) is 5.75 Å². The van der Waals surface area contributed by atoms with Gasteiger partial charge in [0, 0.05) is 0 Å². The third-order valence-corrected chi connectivity index (χ3v) is 5.63. The zero-order valence-corrected chi connectivity index (χ0v) is 14.8. The first kappa shape index (κ1) is 16.3. The number of thioether (sulfide) groups is 1. The van der Waals surface area contributed by atoms with Crippen LogP contribution in [0.2, 0.25) is 0 Å². The van der Waals surface area contributed by atoms with E-state index in [2.05, 4.69) is 27.6 Å². The van der Waals surface area contributed by atoms with Crippen molar-refractivity contribution in [2.24, 2.45) is 0 Å². The van der Waals surface area contributed by atoms with E-state index in [0.29, 0.717) is 5.13 Å². The SMILES string of the molecule is CSc1nnc(NC(=O)C(C)Oc2ccc3c(c2)CCCC3)s1. The van der Waals surface area contributed by atoms with Gasteiger partial charge in [-0.25, -0.2) is 0 Å². The molecular weight excluding hydrogens is 330 g/mol. The van der Waals surface area contributed by atoms with Crippen molar-refractivity contribution in [2.45, 2.75) is 43.1 Å². The molecule has 0 aliphatic heterocycles. The minimum atomic E-state index is -0.585. The molecule has 122 valence electrons. The smallest absolute Gasteiger partial charge is 0.266 e. The quantitative estimate of drug-likeness (QED) is 0.661. The second-order valence-corrected chi connectivity index (χ2v) is 7.50. The van der Waals surface area contributed by atoms with Crippen molar-refractivity contribution in [3.63, 3.8) is 0 Å². The molecule has 1 N–H and O–H groups in total. The molecule has 0 saturated heterocycles. The molecule has 0 spiro atoms. The third-order valence-electron chi connectivity index (χ3n) is 3.81. The topological polar surface area (TPSA) is 64.1 Å². The van der Waals surface area contributed by atoms with Gasteiger partial charge in [0.1, 0.15) is 5.75 Å². The van der Waals surface area contributed by atoms with E-state index in [0.717, 1.165) is 22.9 Å². The van der Waals surface area contributed by atoms with Gasteiger partial charge in [-0.05, 0) is 62.1 Å². The molecule has 7 heteroatoms. The number of ether oxygens (including phenoxy) is 1. The van der Waals surface area contributed by atoms with Gasteiger partial charge in [0.15, 0.2) is 10.4 Å². The molecule has 1 unspecified atom stereocenters. The number of carbonyl (C=O) groups is 1. The molecule has 1 aliphatic carbocycles. The number of nitrogens with one attached hydrogen (secondary N) is 1. The van der Waals surface area contributed by atoms with Crippen LogP contribution in [0, 0.1) is 0 Å². The molecule has 1 heterocycles. The van der Waals surface area contributed by atoms with Crippen LogP contribution < -0.4 is 10.1 Å². The molecule has 1 aromatic carbocycles. The highest BCUT2D eigenvalue weighted by Crippen LogP contribution is 2.26. The Labute approximate surface area is 143 Å². The van der Waals surface area contributed by atoms with Crippen molar-refractivity contribution >= 4 is 34.1 Å². The van der Waals surface area contributed by atoms with Crippen LogP contribution in [0.4, 0.5) is 5.13 Å². The summed E-state index contributed by atoms with van der Waals surface area (Å²) < 4.78 is 6.61. The number of nitrogens with zero attached hydrogens (tertiary/aromatic N) is 2. The second kappa shape index (κ2) is 7.31. The van der Waals surface area contributed by atoms with Crippen LogP contribution >= 0.6 is 23.1 Å². The molecule has 3 rings (SSSR count). The molecule has 5 nitrogen and oxygen atoms in total. The zero-order valence-electron chi connectivity index (χ0n) is 13.2. The number of fused-ring (bicyclic) bond motifs is 1. The Bertz CT molecular complexity index is 702. The predicted molar refractivity (Wildman–Crippen MR) is 93.5 cm³/mol. The summed E-state index contributed by atoms with van der Waals surface area (Å²) in [7, 11) is 0. The van der Waals surface area contributed by atoms with Gasteiger partial charge in [-0.3, -0.25) is 10.1 Å². The lowest BCUT2D eigenvalue weighted by atomic mass is 9.92. The fourth-order valence-electron chi connectivity index (χ4n) is 2.59. The van der Waals surface area contributed by atoms with E-state index in [-0.39, 0.29) is 5.91 Å². The number of benzene rings is 1. The van der Waals surface area contributed by atoms with Crippen LogP contribution in [0.1, 0.15) is 30.9 Å². The van der Waals surface area contributed by atoms with Crippen LogP contribution in [0.15, 0.2) is 22.5 Å². The minimum absolute atomic E-state index is 0.216. The molecule has 0 radical (unpaired) electrons. The van der Waals surface area contributed by atoms with Gasteiger partial charge >= 0.3 is 0 Å². The lowest BCUT2D eigenvalue weighted by molar-refractivity contribution is -0.122. The number of hydrogen-bond acceptors (Lipinski definition) is 6. The normalized spacial score (nSPS) is 14.9. The lowest BCUT2D eigenvalue weighted by Crippen LogP contribution is -2.30. The fourth-order valence-corrected chi connectivity index (χ4v) is 3.76. The predicted octanol–water partition coefficient (Wildman–Crippen LogP) is 3.54. The van der Waals surface area contributed by atoms with E-state index in [1.807, 2.05) is 12.3 Å². The van der Waals surface area contributed by atoms with Crippen molar-refractivity contribution in [1.29, 1.82) is 0 Å². The molecule has 1 amide bonds. The van der Waals surface area contributed by atoms with E-state index in [1.165, 1.54) is 47.1 Å². The largest absolute Gasteiger partial charge is 0.481 e. The van der Waals surface area contributed by atoms with Gasteiger partial charge in [-0.1, -0.05) is 29.2 Å². The Morgan fingerprint density at radius 2 is 2.09 bits per heavy atom. The maximum absolute atomic E-state index is 12.2. The average molecular weight is 349 g/mol. The first-order chi connectivity index (χ1) is 11.2. The standard InChI is InChI=1S/C16H19N3O2S2/c1-10(14(20)17-15-18-19-16(22-2)23-15)21-13-8-7-11-5-3-4-6-12(11)9-13/h7-10H,3-6H2,1-2H3,(H,17,18,20). The number of amides is 1. The van der Waals surface area contributed by atoms with E-state index < -0.39 is 6.10 Å². The Kier molecular flexibility index (Phi) is 5.17. The van der Waals surface area contributed by atoms with Crippen molar-refractivity contribution in [3.05, 3.63) is 29.3 Å². The first-order valence-corrected chi connectivity index (χ1v) is 9.66. The summed E-state index contributed by atoms with van der Waals surface area (Å²) in [6.07, 6.45) is 6.05. The molecule has 0 saturated carbocycles. The summed E-state index contributed by atoms with van der Waals surface area (Å²) in [4.78, 5) is 12.2. The van der Waals surface area contributed by atoms with E-state index in [9.17, 15) is 4.79 Å². The number of aryl methyl sites for hydroxylation is 2. The van der Waals surface area contributed by atoms with Gasteiger partial charge < -0.3 is 4.74 Å². The van der Waals surface area contributed by atoms with Crippen LogP contribution in [0.3, 0.4) is 0 Å². The van der Waals surface area contributed by atoms with Gasteiger partial charge in [0.2, 0.25) is 5.13 Å². The number of carbonyl (C=O) groups excluding carboxylic acids is 1. The summed E-state index contributed by atoms with van der Waals surface area (Å²) in [5.41, 5.74) is 2.74. The lowest BCUT2D eigenvalue weighted by Gasteiger charge is -2.18. The average Bonchev–Trinajstić information content (AvgIpc) is 3.02. The molecule has 1 aromatic heterocycles. The van der Waals surface area contributed by atoms with Crippen LogP contribution in [-0.4, -0.2) is 28.5 Å². The van der Waals surface area contributed by atoms with E-state index >= 15 is 0 Å². The Hall–Kier alpha value is -1.60. The molecule has 2 aromatic rings. The summed E-state index contributed by atoms with van der Waals surface area (Å²) in [6.45, 7) is 1.74. The minimum Gasteiger partial charge on any atom is -0.481 e. The maximum Gasteiger partial charge on any atom is 0.266 e. The highest BCUT2D eigenvalue weighted by molar-refractivity contribution is 8.00. The number of anilines is 1. The van der Waals surface area contributed by atoms with Crippen molar-refractivity contribution < 1.29 is 9.53 Å². The first-order valence-electron chi connectivity index (χ1n) is 7.62. The summed E-state index contributed by atoms with van der Waals surface area (Å²) >= 11 is 2.86. The monoisotopic (exact) mass is 349 g/mol. The van der Waals surface area contributed by atoms with Crippen molar-refractivity contribution in [2.75, 3.05) is 11.6 Å². The summed E-state index contributed by atoms with van der Waals surface area (Å²) in [6, 6.07) is 6.13. The molecular formula is C16H19N3O2S2. The van der Waals surface area contributed by atoms with E-state index in [1.54, 1.807) is 6.92 Å². The zero-order chi connectivity index (χ0) is 16.2. The van der Waals surface area contributed by atoms with E-state index in [4.69, 9.17) is 4.74 Å². The van der Waals surface area contributed by atoms with Gasteiger partial charge in [-0.2, -0.15) is 0 Å². The van der Waals surface area contributed by atoms with Gasteiger partial charge in [-0.15, -0.1) is 10.2 Å². The molecule has 23 heavy (non-hydrogen) atoms. The van der Waals surface area contributed by atoms with Crippen LogP contribution in [-0.2, 0) is 17.6 Å². The Balaban J connectivity index is 1.61. The van der Waals surface area contributed by atoms with Gasteiger partial charge in [0.05, 0.1) is 0 Å². The highest BCUT2D eigenvalue weighted by Gasteiger charge is 2.18. The highest BCUT2D eigenvalue weighted by atomic mass is 32.2. The Morgan fingerprint density at radius 3 is 2.83 bits per heavy atom. The Morgan fingerprint density at radius 1 is 1.30 bits per heavy atom.